The van der Waals surface area contributed by atoms with E-state index in [2.05, 4.69) is 5.32 Å². The summed E-state index contributed by atoms with van der Waals surface area (Å²) in [5.41, 5.74) is 0.594. The van der Waals surface area contributed by atoms with Gasteiger partial charge in [0.15, 0.2) is 6.61 Å². The lowest BCUT2D eigenvalue weighted by molar-refractivity contribution is -0.157. The lowest BCUT2D eigenvalue weighted by Crippen LogP contribution is -2.34. The summed E-state index contributed by atoms with van der Waals surface area (Å²) in [6.07, 6.45) is 1.54. The number of amides is 1. The van der Waals surface area contributed by atoms with E-state index in [-0.39, 0.29) is 36.4 Å². The average molecular weight is 359 g/mol. The van der Waals surface area contributed by atoms with Crippen molar-refractivity contribution in [2.45, 2.75) is 25.9 Å². The molecule has 3 aliphatic rings. The summed E-state index contributed by atoms with van der Waals surface area (Å²) in [5, 5.41) is 2.67. The third-order valence-electron chi connectivity index (χ3n) is 5.55. The molecule has 5 atom stereocenters. The van der Waals surface area contributed by atoms with E-state index in [9.17, 15) is 14.4 Å². The average Bonchev–Trinajstić information content (AvgIpc) is 3.24. The second kappa shape index (κ2) is 6.63. The Labute approximate surface area is 151 Å². The summed E-state index contributed by atoms with van der Waals surface area (Å²) in [7, 11) is 0. The number of carbonyl (C=O) groups excluding carboxylic acids is 3. The van der Waals surface area contributed by atoms with Gasteiger partial charge in [-0.1, -0.05) is 0 Å². The molecule has 7 heteroatoms. The van der Waals surface area contributed by atoms with Gasteiger partial charge in [0.1, 0.15) is 11.9 Å². The number of esters is 2. The van der Waals surface area contributed by atoms with E-state index < -0.39 is 17.8 Å². The summed E-state index contributed by atoms with van der Waals surface area (Å²) in [5.74, 6) is -1.05. The molecule has 0 spiro atoms. The van der Waals surface area contributed by atoms with Crippen molar-refractivity contribution in [3.8, 4) is 5.75 Å². The lowest BCUT2D eigenvalue weighted by Gasteiger charge is -2.22. The molecule has 3 fully saturated rings. The maximum atomic E-state index is 12.4. The number of anilines is 1. The largest absolute Gasteiger partial charge is 0.494 e. The molecule has 1 N–H and O–H groups in total. The standard InChI is InChI=1S/C19H21NO6/c1-2-24-12-5-3-11(4-6-12)20-15(21)9-25-18(22)16-10-7-13-14(8-10)26-19(23)17(13)16/h3-6,10,13-14,16-17H,2,7-9H2,1H3,(H,20,21)/t10-,13+,14-,16-,17-/m1/s1. The Hall–Kier alpha value is -2.57. The van der Waals surface area contributed by atoms with Crippen LogP contribution in [0, 0.1) is 23.7 Å². The fraction of sp³-hybridized carbons (Fsp3) is 0.526. The molecule has 0 aromatic heterocycles. The number of nitrogens with one attached hydrogen (secondary N) is 1. The molecule has 4 rings (SSSR count). The summed E-state index contributed by atoms with van der Waals surface area (Å²) >= 11 is 0. The van der Waals surface area contributed by atoms with Crippen LogP contribution in [0.15, 0.2) is 24.3 Å². The van der Waals surface area contributed by atoms with E-state index in [0.29, 0.717) is 12.3 Å². The quantitative estimate of drug-likeness (QED) is 0.779. The van der Waals surface area contributed by atoms with Gasteiger partial charge in [0.05, 0.1) is 18.4 Å². The van der Waals surface area contributed by atoms with Crippen molar-refractivity contribution >= 4 is 23.5 Å². The first-order chi connectivity index (χ1) is 12.6. The third kappa shape index (κ3) is 2.91. The van der Waals surface area contributed by atoms with Crippen molar-refractivity contribution in [1.29, 1.82) is 0 Å². The normalized spacial score (nSPS) is 30.8. The summed E-state index contributed by atoms with van der Waals surface area (Å²) in [6.45, 7) is 2.09. The van der Waals surface area contributed by atoms with Gasteiger partial charge in [-0.05, 0) is 49.9 Å². The minimum atomic E-state index is -0.471. The highest BCUT2D eigenvalue weighted by Crippen LogP contribution is 2.57. The van der Waals surface area contributed by atoms with Gasteiger partial charge in [-0.25, -0.2) is 0 Å². The van der Waals surface area contributed by atoms with Gasteiger partial charge in [-0.3, -0.25) is 14.4 Å². The van der Waals surface area contributed by atoms with Gasteiger partial charge in [0.2, 0.25) is 0 Å². The SMILES string of the molecule is CCOc1ccc(NC(=O)COC(=O)[C@@H]2[C@@H]3C[C@@H]4[C@H]2C(=O)O[C@@H]4C3)cc1. The highest BCUT2D eigenvalue weighted by Gasteiger charge is 2.64. The van der Waals surface area contributed by atoms with Crippen LogP contribution in [0.5, 0.6) is 5.75 Å². The molecule has 2 saturated carbocycles. The van der Waals surface area contributed by atoms with Gasteiger partial charge in [0.25, 0.3) is 5.91 Å². The highest BCUT2D eigenvalue weighted by molar-refractivity contribution is 5.93. The summed E-state index contributed by atoms with van der Waals surface area (Å²) in [4.78, 5) is 36.4. The predicted octanol–water partition coefficient (Wildman–Crippen LogP) is 1.76. The lowest BCUT2D eigenvalue weighted by atomic mass is 9.80. The van der Waals surface area contributed by atoms with Crippen LogP contribution in [0.3, 0.4) is 0 Å². The molecule has 1 aromatic carbocycles. The Bertz CT molecular complexity index is 728. The third-order valence-corrected chi connectivity index (χ3v) is 5.55. The molecule has 7 nitrogen and oxygen atoms in total. The Morgan fingerprint density at radius 2 is 2.00 bits per heavy atom. The summed E-state index contributed by atoms with van der Waals surface area (Å²) < 4.78 is 15.8. The first-order valence-corrected chi connectivity index (χ1v) is 8.96. The Morgan fingerprint density at radius 3 is 2.73 bits per heavy atom. The molecule has 2 aliphatic carbocycles. The molecule has 0 radical (unpaired) electrons. The van der Waals surface area contributed by atoms with Gasteiger partial charge >= 0.3 is 11.9 Å². The minimum absolute atomic E-state index is 0.0236. The van der Waals surface area contributed by atoms with Crippen molar-refractivity contribution in [3.63, 3.8) is 0 Å². The number of ether oxygens (including phenoxy) is 3. The van der Waals surface area contributed by atoms with E-state index in [1.807, 2.05) is 6.92 Å². The fourth-order valence-corrected chi connectivity index (χ4v) is 4.56. The van der Waals surface area contributed by atoms with Crippen LogP contribution in [0.2, 0.25) is 0 Å². The zero-order valence-corrected chi connectivity index (χ0v) is 14.5. The van der Waals surface area contributed by atoms with Gasteiger partial charge in [-0.15, -0.1) is 0 Å². The van der Waals surface area contributed by atoms with E-state index in [1.165, 1.54) is 0 Å². The Kier molecular flexibility index (Phi) is 4.30. The number of benzene rings is 1. The molecule has 0 unspecified atom stereocenters. The number of fused-ring (bicyclic) bond motifs is 1. The van der Waals surface area contributed by atoms with Crippen LogP contribution >= 0.6 is 0 Å². The van der Waals surface area contributed by atoms with Crippen LogP contribution < -0.4 is 10.1 Å². The highest BCUT2D eigenvalue weighted by atomic mass is 16.6. The predicted molar refractivity (Wildman–Crippen MR) is 90.3 cm³/mol. The van der Waals surface area contributed by atoms with Gasteiger partial charge in [-0.2, -0.15) is 0 Å². The minimum Gasteiger partial charge on any atom is -0.494 e. The van der Waals surface area contributed by atoms with Crippen molar-refractivity contribution in [1.82, 2.24) is 0 Å². The molecule has 1 aromatic rings. The number of carbonyl (C=O) groups is 3. The maximum Gasteiger partial charge on any atom is 0.310 e. The molecular weight excluding hydrogens is 338 g/mol. The molecule has 2 bridgehead atoms. The van der Waals surface area contributed by atoms with E-state index in [4.69, 9.17) is 14.2 Å². The van der Waals surface area contributed by atoms with Gasteiger partial charge < -0.3 is 19.5 Å². The molecule has 1 amide bonds. The maximum absolute atomic E-state index is 12.4. The zero-order valence-electron chi connectivity index (χ0n) is 14.5. The number of rotatable bonds is 6. The van der Waals surface area contributed by atoms with Gasteiger partial charge in [0, 0.05) is 11.6 Å². The molecule has 26 heavy (non-hydrogen) atoms. The van der Waals surface area contributed by atoms with Crippen molar-refractivity contribution < 1.29 is 28.6 Å². The molecular formula is C19H21NO6. The van der Waals surface area contributed by atoms with Crippen LogP contribution in [0.1, 0.15) is 19.8 Å². The number of hydrogen-bond donors (Lipinski definition) is 1. The number of hydrogen-bond acceptors (Lipinski definition) is 6. The molecule has 1 heterocycles. The van der Waals surface area contributed by atoms with E-state index in [1.54, 1.807) is 24.3 Å². The first-order valence-electron chi connectivity index (χ1n) is 8.96. The smallest absolute Gasteiger partial charge is 0.310 e. The molecule has 1 aliphatic heterocycles. The molecule has 138 valence electrons. The Balaban J connectivity index is 1.29. The van der Waals surface area contributed by atoms with Crippen LogP contribution in [-0.4, -0.2) is 37.2 Å². The molecule has 1 saturated heterocycles. The van der Waals surface area contributed by atoms with Crippen molar-refractivity contribution in [2.24, 2.45) is 23.7 Å². The monoisotopic (exact) mass is 359 g/mol. The zero-order chi connectivity index (χ0) is 18.3. The van der Waals surface area contributed by atoms with Crippen LogP contribution in [0.25, 0.3) is 0 Å². The first kappa shape index (κ1) is 16.9. The van der Waals surface area contributed by atoms with E-state index in [0.717, 1.165) is 18.6 Å². The second-order valence-electron chi connectivity index (χ2n) is 7.04. The topological polar surface area (TPSA) is 90.9 Å². The van der Waals surface area contributed by atoms with Crippen molar-refractivity contribution in [2.75, 3.05) is 18.5 Å². The van der Waals surface area contributed by atoms with Crippen LogP contribution in [-0.2, 0) is 23.9 Å². The second-order valence-corrected chi connectivity index (χ2v) is 7.04. The van der Waals surface area contributed by atoms with Crippen LogP contribution in [0.4, 0.5) is 5.69 Å². The van der Waals surface area contributed by atoms with Crippen molar-refractivity contribution in [3.05, 3.63) is 24.3 Å². The fourth-order valence-electron chi connectivity index (χ4n) is 4.56. The van der Waals surface area contributed by atoms with E-state index >= 15 is 0 Å². The Morgan fingerprint density at radius 1 is 1.23 bits per heavy atom. The summed E-state index contributed by atoms with van der Waals surface area (Å²) in [6, 6.07) is 6.94.